The molecule has 21 heavy (non-hydrogen) atoms. The fraction of sp³-hybridized carbons (Fsp3) is 0.667. The Balaban J connectivity index is 1.66. The molecular weight excluding hydrogens is 266 g/mol. The minimum Gasteiger partial charge on any atom is -0.333 e. The van der Waals surface area contributed by atoms with Crippen molar-refractivity contribution in [1.29, 1.82) is 0 Å². The number of hydrogen-bond donors (Lipinski definition) is 1. The van der Waals surface area contributed by atoms with E-state index < -0.39 is 0 Å². The molecule has 3 rings (SSSR count). The molecule has 0 bridgehead atoms. The molecule has 0 unspecified atom stereocenters. The van der Waals surface area contributed by atoms with Crippen LogP contribution in [0.1, 0.15) is 43.7 Å². The summed E-state index contributed by atoms with van der Waals surface area (Å²) in [5.41, 5.74) is 2.07. The van der Waals surface area contributed by atoms with Gasteiger partial charge in [0, 0.05) is 26.2 Å². The Morgan fingerprint density at radius 1 is 1.38 bits per heavy atom. The average molecular weight is 289 g/mol. The number of carbonyl (C=O) groups is 1. The lowest BCUT2D eigenvalue weighted by atomic mass is 9.83. The van der Waals surface area contributed by atoms with Crippen molar-refractivity contribution in [2.45, 2.75) is 33.2 Å². The van der Waals surface area contributed by atoms with Gasteiger partial charge in [0.15, 0.2) is 5.69 Å². The summed E-state index contributed by atoms with van der Waals surface area (Å²) < 4.78 is 1.80. The Labute approximate surface area is 125 Å². The van der Waals surface area contributed by atoms with Crippen LogP contribution in [0.2, 0.25) is 0 Å². The topological polar surface area (TPSA) is 63.1 Å². The Morgan fingerprint density at radius 3 is 2.67 bits per heavy atom. The zero-order valence-electron chi connectivity index (χ0n) is 13.0. The van der Waals surface area contributed by atoms with Gasteiger partial charge in [-0.1, -0.05) is 37.6 Å². The highest BCUT2D eigenvalue weighted by Crippen LogP contribution is 2.30. The predicted molar refractivity (Wildman–Crippen MR) is 80.0 cm³/mol. The van der Waals surface area contributed by atoms with E-state index in [9.17, 15) is 4.79 Å². The van der Waals surface area contributed by atoms with Crippen molar-refractivity contribution in [3.8, 4) is 0 Å². The van der Waals surface area contributed by atoms with Crippen molar-refractivity contribution in [2.75, 3.05) is 26.2 Å². The van der Waals surface area contributed by atoms with Crippen LogP contribution in [0.25, 0.3) is 0 Å². The van der Waals surface area contributed by atoms with E-state index in [1.165, 1.54) is 5.57 Å². The molecule has 3 heterocycles. The highest BCUT2D eigenvalue weighted by atomic mass is 16.2. The van der Waals surface area contributed by atoms with Gasteiger partial charge in [-0.05, 0) is 11.8 Å². The quantitative estimate of drug-likeness (QED) is 0.832. The van der Waals surface area contributed by atoms with Crippen LogP contribution in [-0.4, -0.2) is 52.0 Å². The first-order valence-electron chi connectivity index (χ1n) is 7.56. The molecule has 1 saturated heterocycles. The maximum Gasteiger partial charge on any atom is 0.276 e. The molecule has 0 aliphatic carbocycles. The SMILES string of the molecule is CC(C)(C)C1=CCN(C(=O)c2cn(C3CNC3)nn2)CC1. The number of nitrogens with zero attached hydrogens (tertiary/aromatic N) is 4. The lowest BCUT2D eigenvalue weighted by molar-refractivity contribution is 0.0759. The summed E-state index contributed by atoms with van der Waals surface area (Å²) in [6.45, 7) is 9.89. The van der Waals surface area contributed by atoms with E-state index in [4.69, 9.17) is 0 Å². The van der Waals surface area contributed by atoms with E-state index in [0.717, 1.165) is 26.1 Å². The molecule has 0 spiro atoms. The molecule has 1 amide bonds. The summed E-state index contributed by atoms with van der Waals surface area (Å²) in [5, 5.41) is 11.3. The Bertz CT molecular complexity index is 565. The number of hydrogen-bond acceptors (Lipinski definition) is 4. The zero-order valence-corrected chi connectivity index (χ0v) is 13.0. The van der Waals surface area contributed by atoms with Crippen LogP contribution < -0.4 is 5.32 Å². The highest BCUT2D eigenvalue weighted by molar-refractivity contribution is 5.92. The lowest BCUT2D eigenvalue weighted by Gasteiger charge is -2.31. The normalized spacial score (nSPS) is 20.1. The average Bonchev–Trinajstić information content (AvgIpc) is 2.84. The second-order valence-corrected chi connectivity index (χ2v) is 6.88. The summed E-state index contributed by atoms with van der Waals surface area (Å²) >= 11 is 0. The molecule has 0 atom stereocenters. The minimum absolute atomic E-state index is 0.0160. The molecule has 1 aromatic heterocycles. The molecule has 1 aromatic rings. The molecule has 1 fully saturated rings. The number of amides is 1. The van der Waals surface area contributed by atoms with Gasteiger partial charge in [-0.2, -0.15) is 0 Å². The van der Waals surface area contributed by atoms with Crippen molar-refractivity contribution >= 4 is 5.91 Å². The summed E-state index contributed by atoms with van der Waals surface area (Å²) in [7, 11) is 0. The monoisotopic (exact) mass is 289 g/mol. The van der Waals surface area contributed by atoms with Crippen LogP contribution in [0.3, 0.4) is 0 Å². The maximum absolute atomic E-state index is 12.5. The highest BCUT2D eigenvalue weighted by Gasteiger charge is 2.27. The first kappa shape index (κ1) is 14.3. The van der Waals surface area contributed by atoms with Crippen molar-refractivity contribution in [2.24, 2.45) is 5.41 Å². The van der Waals surface area contributed by atoms with E-state index in [1.807, 2.05) is 4.90 Å². The molecule has 6 heteroatoms. The first-order chi connectivity index (χ1) is 9.95. The summed E-state index contributed by atoms with van der Waals surface area (Å²) in [6.07, 6.45) is 4.90. The smallest absolute Gasteiger partial charge is 0.276 e. The van der Waals surface area contributed by atoms with Crippen LogP contribution >= 0.6 is 0 Å². The van der Waals surface area contributed by atoms with Crippen molar-refractivity contribution in [3.05, 3.63) is 23.5 Å². The molecule has 114 valence electrons. The number of nitrogens with one attached hydrogen (secondary N) is 1. The predicted octanol–water partition coefficient (Wildman–Crippen LogP) is 1.24. The fourth-order valence-electron chi connectivity index (χ4n) is 2.71. The van der Waals surface area contributed by atoms with Crippen molar-refractivity contribution in [3.63, 3.8) is 0 Å². The van der Waals surface area contributed by atoms with Gasteiger partial charge < -0.3 is 10.2 Å². The number of aromatic nitrogens is 3. The van der Waals surface area contributed by atoms with Crippen molar-refractivity contribution in [1.82, 2.24) is 25.2 Å². The molecule has 0 aromatic carbocycles. The first-order valence-corrected chi connectivity index (χ1v) is 7.56. The molecule has 0 radical (unpaired) electrons. The van der Waals surface area contributed by atoms with Gasteiger partial charge in [-0.3, -0.25) is 4.79 Å². The fourth-order valence-corrected chi connectivity index (χ4v) is 2.71. The van der Waals surface area contributed by atoms with Gasteiger partial charge in [0.1, 0.15) is 0 Å². The van der Waals surface area contributed by atoms with E-state index in [0.29, 0.717) is 18.3 Å². The Hall–Kier alpha value is -1.69. The van der Waals surface area contributed by atoms with E-state index in [1.54, 1.807) is 10.9 Å². The lowest BCUT2D eigenvalue weighted by Crippen LogP contribution is -2.43. The van der Waals surface area contributed by atoms with Gasteiger partial charge in [-0.15, -0.1) is 5.10 Å². The van der Waals surface area contributed by atoms with Crippen LogP contribution in [0.4, 0.5) is 0 Å². The minimum atomic E-state index is -0.0160. The van der Waals surface area contributed by atoms with E-state index in [2.05, 4.69) is 42.5 Å². The van der Waals surface area contributed by atoms with Gasteiger partial charge in [0.2, 0.25) is 0 Å². The van der Waals surface area contributed by atoms with Crippen LogP contribution in [0.15, 0.2) is 17.8 Å². The van der Waals surface area contributed by atoms with Crippen LogP contribution in [0, 0.1) is 5.41 Å². The molecule has 2 aliphatic heterocycles. The third-order valence-corrected chi connectivity index (χ3v) is 4.32. The van der Waals surface area contributed by atoms with Gasteiger partial charge in [-0.25, -0.2) is 4.68 Å². The second kappa shape index (κ2) is 5.26. The summed E-state index contributed by atoms with van der Waals surface area (Å²) in [5.74, 6) is -0.0160. The maximum atomic E-state index is 12.5. The Kier molecular flexibility index (Phi) is 3.57. The van der Waals surface area contributed by atoms with E-state index >= 15 is 0 Å². The second-order valence-electron chi connectivity index (χ2n) is 6.88. The third kappa shape index (κ3) is 2.85. The molecular formula is C15H23N5O. The molecule has 1 N–H and O–H groups in total. The summed E-state index contributed by atoms with van der Waals surface area (Å²) in [4.78, 5) is 14.3. The molecule has 6 nitrogen and oxygen atoms in total. The third-order valence-electron chi connectivity index (χ3n) is 4.32. The van der Waals surface area contributed by atoms with Crippen molar-refractivity contribution < 1.29 is 4.79 Å². The van der Waals surface area contributed by atoms with E-state index in [-0.39, 0.29) is 11.3 Å². The molecule has 2 aliphatic rings. The zero-order chi connectivity index (χ0) is 15.0. The Morgan fingerprint density at radius 2 is 2.14 bits per heavy atom. The largest absolute Gasteiger partial charge is 0.333 e. The number of carbonyl (C=O) groups excluding carboxylic acids is 1. The van der Waals surface area contributed by atoms with Crippen LogP contribution in [-0.2, 0) is 0 Å². The van der Waals surface area contributed by atoms with Gasteiger partial charge in [0.25, 0.3) is 5.91 Å². The summed E-state index contributed by atoms with van der Waals surface area (Å²) in [6, 6.07) is 0.341. The standard InChI is InChI=1S/C15H23N5O/c1-15(2,3)11-4-6-19(7-5-11)14(21)13-10-20(18-17-13)12-8-16-9-12/h4,10,12,16H,5-9H2,1-3H3. The van der Waals surface area contributed by atoms with Crippen LogP contribution in [0.5, 0.6) is 0 Å². The van der Waals surface area contributed by atoms with Gasteiger partial charge >= 0.3 is 0 Å². The number of rotatable bonds is 2. The molecule has 0 saturated carbocycles. The van der Waals surface area contributed by atoms with Gasteiger partial charge in [0.05, 0.1) is 12.2 Å².